The van der Waals surface area contributed by atoms with E-state index in [-0.39, 0.29) is 10.6 Å². The van der Waals surface area contributed by atoms with Gasteiger partial charge in [0.15, 0.2) is 0 Å². The van der Waals surface area contributed by atoms with E-state index in [1.54, 1.807) is 12.1 Å². The number of rotatable bonds is 4. The van der Waals surface area contributed by atoms with Crippen molar-refractivity contribution >= 4 is 53.3 Å². The molecule has 112 valence electrons. The first-order valence-electron chi connectivity index (χ1n) is 5.61. The first-order valence-corrected chi connectivity index (χ1v) is 8.68. The van der Waals surface area contributed by atoms with Gasteiger partial charge >= 0.3 is 0 Å². The van der Waals surface area contributed by atoms with Crippen molar-refractivity contribution in [3.8, 4) is 5.75 Å². The molecule has 2 aromatic rings. The molecule has 0 unspecified atom stereocenters. The number of pyridine rings is 1. The summed E-state index contributed by atoms with van der Waals surface area (Å²) in [5.41, 5.74) is 6.37. The van der Waals surface area contributed by atoms with Crippen molar-refractivity contribution in [2.75, 3.05) is 17.6 Å². The summed E-state index contributed by atoms with van der Waals surface area (Å²) in [6.45, 7) is 0. The molecule has 6 nitrogen and oxygen atoms in total. The van der Waals surface area contributed by atoms with E-state index in [0.29, 0.717) is 20.5 Å². The molecular formula is C12H11Br2N3O3S. The molecule has 9 heteroatoms. The van der Waals surface area contributed by atoms with Crippen molar-refractivity contribution in [2.24, 2.45) is 0 Å². The Morgan fingerprint density at radius 3 is 2.57 bits per heavy atom. The summed E-state index contributed by atoms with van der Waals surface area (Å²) in [4.78, 5) is 3.91. The number of hydrogen-bond acceptors (Lipinski definition) is 5. The third-order valence-electron chi connectivity index (χ3n) is 2.55. The van der Waals surface area contributed by atoms with Crippen LogP contribution in [0, 0.1) is 0 Å². The van der Waals surface area contributed by atoms with Crippen molar-refractivity contribution in [1.29, 1.82) is 0 Å². The molecule has 1 heterocycles. The van der Waals surface area contributed by atoms with Crippen molar-refractivity contribution in [3.05, 3.63) is 39.5 Å². The zero-order chi connectivity index (χ0) is 15.6. The van der Waals surface area contributed by atoms with Crippen LogP contribution in [0.3, 0.4) is 0 Å². The topological polar surface area (TPSA) is 94.3 Å². The number of nitrogens with one attached hydrogen (secondary N) is 1. The fourth-order valence-electron chi connectivity index (χ4n) is 1.57. The summed E-state index contributed by atoms with van der Waals surface area (Å²) in [6, 6.07) is 6.05. The zero-order valence-electron chi connectivity index (χ0n) is 10.8. The standard InChI is InChI=1S/C12H11Br2N3O3S/c1-20-10-4-8(13)9(15)5-11(10)21(18,19)17-7-2-3-12(14)16-6-7/h2-6,17H,15H2,1H3. The lowest BCUT2D eigenvalue weighted by molar-refractivity contribution is 0.402. The molecule has 0 spiro atoms. The number of nitrogens with zero attached hydrogens (tertiary/aromatic N) is 1. The van der Waals surface area contributed by atoms with E-state index in [1.807, 2.05) is 0 Å². The van der Waals surface area contributed by atoms with E-state index in [0.717, 1.165) is 0 Å². The summed E-state index contributed by atoms with van der Waals surface area (Å²) in [5.74, 6) is 0.189. The molecule has 2 rings (SSSR count). The number of sulfonamides is 1. The minimum absolute atomic E-state index is 0.0476. The van der Waals surface area contributed by atoms with Crippen LogP contribution in [0.1, 0.15) is 0 Å². The third-order valence-corrected chi connectivity index (χ3v) is 5.11. The van der Waals surface area contributed by atoms with E-state index in [4.69, 9.17) is 10.5 Å². The number of ether oxygens (including phenoxy) is 1. The molecule has 21 heavy (non-hydrogen) atoms. The van der Waals surface area contributed by atoms with Crippen LogP contribution in [0.25, 0.3) is 0 Å². The minimum atomic E-state index is -3.84. The lowest BCUT2D eigenvalue weighted by Crippen LogP contribution is -2.14. The Hall–Kier alpha value is -1.32. The number of anilines is 2. The lowest BCUT2D eigenvalue weighted by Gasteiger charge is -2.13. The van der Waals surface area contributed by atoms with Gasteiger partial charge in [-0.25, -0.2) is 13.4 Å². The highest BCUT2D eigenvalue weighted by atomic mass is 79.9. The average Bonchev–Trinajstić information content (AvgIpc) is 2.43. The van der Waals surface area contributed by atoms with E-state index in [2.05, 4.69) is 41.6 Å². The molecule has 0 radical (unpaired) electrons. The second kappa shape index (κ2) is 6.20. The van der Waals surface area contributed by atoms with Crippen molar-refractivity contribution < 1.29 is 13.2 Å². The van der Waals surface area contributed by atoms with Crippen molar-refractivity contribution in [2.45, 2.75) is 4.90 Å². The number of halogens is 2. The Kier molecular flexibility index (Phi) is 4.74. The molecule has 0 aliphatic heterocycles. The second-order valence-electron chi connectivity index (χ2n) is 4.00. The molecule has 1 aromatic carbocycles. The third kappa shape index (κ3) is 3.66. The van der Waals surface area contributed by atoms with Gasteiger partial charge in [-0.15, -0.1) is 0 Å². The van der Waals surface area contributed by atoms with Crippen LogP contribution in [0.15, 0.2) is 44.4 Å². The van der Waals surface area contributed by atoms with E-state index >= 15 is 0 Å². The smallest absolute Gasteiger partial charge is 0.265 e. The van der Waals surface area contributed by atoms with Crippen LogP contribution >= 0.6 is 31.9 Å². The highest BCUT2D eigenvalue weighted by molar-refractivity contribution is 9.10. The van der Waals surface area contributed by atoms with Crippen LogP contribution < -0.4 is 15.2 Å². The van der Waals surface area contributed by atoms with Gasteiger partial charge in [-0.1, -0.05) is 0 Å². The Morgan fingerprint density at radius 1 is 1.29 bits per heavy atom. The SMILES string of the molecule is COc1cc(Br)c(N)cc1S(=O)(=O)Nc1ccc(Br)nc1. The highest BCUT2D eigenvalue weighted by Gasteiger charge is 2.21. The van der Waals surface area contributed by atoms with Crippen LogP contribution in [-0.4, -0.2) is 20.5 Å². The Morgan fingerprint density at radius 2 is 2.00 bits per heavy atom. The molecule has 0 aliphatic carbocycles. The number of hydrogen-bond donors (Lipinski definition) is 2. The predicted octanol–water partition coefficient (Wildman–Crippen LogP) is 3.00. The van der Waals surface area contributed by atoms with Gasteiger partial charge in [0.2, 0.25) is 0 Å². The zero-order valence-corrected chi connectivity index (χ0v) is 14.8. The number of aromatic nitrogens is 1. The molecular weight excluding hydrogens is 426 g/mol. The molecule has 0 aliphatic rings. The first kappa shape index (κ1) is 16.1. The first-order chi connectivity index (χ1) is 9.83. The van der Waals surface area contributed by atoms with Gasteiger partial charge in [0.05, 0.1) is 19.0 Å². The van der Waals surface area contributed by atoms with Gasteiger partial charge in [0.1, 0.15) is 15.2 Å². The minimum Gasteiger partial charge on any atom is -0.495 e. The molecule has 0 bridgehead atoms. The molecule has 3 N–H and O–H groups in total. The normalized spacial score (nSPS) is 11.2. The number of nitrogens with two attached hydrogens (primary N) is 1. The number of benzene rings is 1. The maximum absolute atomic E-state index is 12.4. The Labute approximate surface area is 139 Å². The fraction of sp³-hybridized carbons (Fsp3) is 0.0833. The molecule has 0 amide bonds. The Balaban J connectivity index is 2.44. The van der Waals surface area contributed by atoms with E-state index in [1.165, 1.54) is 25.4 Å². The van der Waals surface area contributed by atoms with Crippen molar-refractivity contribution in [1.82, 2.24) is 4.98 Å². The monoisotopic (exact) mass is 435 g/mol. The summed E-state index contributed by atoms with van der Waals surface area (Å²) in [7, 11) is -2.45. The maximum atomic E-state index is 12.4. The summed E-state index contributed by atoms with van der Waals surface area (Å²) in [5, 5.41) is 0. The van der Waals surface area contributed by atoms with Crippen LogP contribution in [-0.2, 0) is 10.0 Å². The Bertz CT molecular complexity index is 764. The number of nitrogen functional groups attached to an aromatic ring is 1. The van der Waals surface area contributed by atoms with Gasteiger partial charge in [-0.2, -0.15) is 0 Å². The quantitative estimate of drug-likeness (QED) is 0.567. The summed E-state index contributed by atoms with van der Waals surface area (Å²) in [6.07, 6.45) is 1.40. The molecule has 0 fully saturated rings. The van der Waals surface area contributed by atoms with Gasteiger partial charge in [-0.05, 0) is 56.1 Å². The maximum Gasteiger partial charge on any atom is 0.265 e. The van der Waals surface area contributed by atoms with Gasteiger partial charge in [0, 0.05) is 10.2 Å². The van der Waals surface area contributed by atoms with Gasteiger partial charge in [0.25, 0.3) is 10.0 Å². The van der Waals surface area contributed by atoms with Crippen LogP contribution in [0.4, 0.5) is 11.4 Å². The molecule has 0 atom stereocenters. The van der Waals surface area contributed by atoms with Crippen LogP contribution in [0.2, 0.25) is 0 Å². The van der Waals surface area contributed by atoms with Gasteiger partial charge < -0.3 is 10.5 Å². The van der Waals surface area contributed by atoms with E-state index in [9.17, 15) is 8.42 Å². The van der Waals surface area contributed by atoms with Crippen LogP contribution in [0.5, 0.6) is 5.75 Å². The number of methoxy groups -OCH3 is 1. The highest BCUT2D eigenvalue weighted by Crippen LogP contribution is 2.33. The molecule has 0 saturated carbocycles. The average molecular weight is 437 g/mol. The fourth-order valence-corrected chi connectivity index (χ4v) is 3.35. The summed E-state index contributed by atoms with van der Waals surface area (Å²) < 4.78 is 33.5. The largest absolute Gasteiger partial charge is 0.495 e. The molecule has 1 aromatic heterocycles. The molecule has 0 saturated heterocycles. The van der Waals surface area contributed by atoms with Crippen molar-refractivity contribution in [3.63, 3.8) is 0 Å². The predicted molar refractivity (Wildman–Crippen MR) is 87.9 cm³/mol. The second-order valence-corrected chi connectivity index (χ2v) is 7.32. The van der Waals surface area contributed by atoms with E-state index < -0.39 is 10.0 Å². The summed E-state index contributed by atoms with van der Waals surface area (Å²) >= 11 is 6.41. The lowest BCUT2D eigenvalue weighted by atomic mass is 10.3. The van der Waals surface area contributed by atoms with Gasteiger partial charge in [-0.3, -0.25) is 4.72 Å².